The average molecular weight is 347 g/mol. The van der Waals surface area contributed by atoms with Gasteiger partial charge < -0.3 is 10.4 Å². The van der Waals surface area contributed by atoms with Gasteiger partial charge in [0.2, 0.25) is 0 Å². The molecule has 2 N–H and O–H groups in total. The van der Waals surface area contributed by atoms with Crippen LogP contribution in [0, 0.1) is 6.92 Å². The van der Waals surface area contributed by atoms with E-state index in [0.29, 0.717) is 23.5 Å². The van der Waals surface area contributed by atoms with Crippen molar-refractivity contribution in [1.82, 2.24) is 15.3 Å². The number of hydrogen-bond acceptors (Lipinski definition) is 4. The second-order valence-electron chi connectivity index (χ2n) is 6.01. The van der Waals surface area contributed by atoms with Crippen LogP contribution in [0.4, 0.5) is 0 Å². The predicted molar refractivity (Wildman–Crippen MR) is 101 cm³/mol. The molecule has 2 aromatic carbocycles. The van der Waals surface area contributed by atoms with E-state index in [1.807, 2.05) is 60.7 Å². The lowest BCUT2D eigenvalue weighted by Gasteiger charge is -2.19. The molecule has 0 spiro atoms. The zero-order chi connectivity index (χ0) is 18.4. The average Bonchev–Trinajstić information content (AvgIpc) is 2.69. The van der Waals surface area contributed by atoms with Crippen LogP contribution in [0.1, 0.15) is 34.1 Å². The molecule has 0 aliphatic carbocycles. The summed E-state index contributed by atoms with van der Waals surface area (Å²) >= 11 is 0. The highest BCUT2D eigenvalue weighted by Gasteiger charge is 2.18. The monoisotopic (exact) mass is 347 g/mol. The van der Waals surface area contributed by atoms with Crippen LogP contribution in [-0.2, 0) is 0 Å². The summed E-state index contributed by atoms with van der Waals surface area (Å²) in [6.07, 6.45) is 2.00. The van der Waals surface area contributed by atoms with Gasteiger partial charge >= 0.3 is 0 Å². The fourth-order valence-electron chi connectivity index (χ4n) is 2.79. The highest BCUT2D eigenvalue weighted by Crippen LogP contribution is 2.19. The Morgan fingerprint density at radius 3 is 2.35 bits per heavy atom. The standard InChI is InChI=1S/C21H21N3O2/c1-15-18(14-22-20(23-15)17-10-6-3-7-11-17)21(26)24-19(12-13-25)16-8-4-2-5-9-16/h2-11,14,19,25H,12-13H2,1H3,(H,24,26). The third-order valence-corrected chi connectivity index (χ3v) is 4.18. The fourth-order valence-corrected chi connectivity index (χ4v) is 2.79. The molecular weight excluding hydrogens is 326 g/mol. The van der Waals surface area contributed by atoms with Gasteiger partial charge in [0.05, 0.1) is 17.3 Å². The molecule has 1 aromatic heterocycles. The molecule has 0 saturated heterocycles. The first-order valence-electron chi connectivity index (χ1n) is 8.55. The van der Waals surface area contributed by atoms with Crippen molar-refractivity contribution in [2.45, 2.75) is 19.4 Å². The third kappa shape index (κ3) is 4.13. The van der Waals surface area contributed by atoms with E-state index in [2.05, 4.69) is 15.3 Å². The van der Waals surface area contributed by atoms with E-state index in [1.165, 1.54) is 0 Å². The maximum Gasteiger partial charge on any atom is 0.255 e. The summed E-state index contributed by atoms with van der Waals surface area (Å²) in [6.45, 7) is 1.79. The lowest BCUT2D eigenvalue weighted by Crippen LogP contribution is -2.30. The van der Waals surface area contributed by atoms with Crippen LogP contribution in [0.15, 0.2) is 66.9 Å². The highest BCUT2D eigenvalue weighted by atomic mass is 16.3. The van der Waals surface area contributed by atoms with Crippen molar-refractivity contribution in [3.05, 3.63) is 83.7 Å². The van der Waals surface area contributed by atoms with Gasteiger partial charge in [-0.2, -0.15) is 0 Å². The van der Waals surface area contributed by atoms with Crippen molar-refractivity contribution in [2.75, 3.05) is 6.61 Å². The molecule has 0 saturated carbocycles. The summed E-state index contributed by atoms with van der Waals surface area (Å²) < 4.78 is 0. The van der Waals surface area contributed by atoms with Crippen LogP contribution in [0.25, 0.3) is 11.4 Å². The molecule has 1 unspecified atom stereocenters. The normalized spacial score (nSPS) is 11.8. The number of hydrogen-bond donors (Lipinski definition) is 2. The summed E-state index contributed by atoms with van der Waals surface area (Å²) in [5, 5.41) is 12.3. The SMILES string of the molecule is Cc1nc(-c2ccccc2)ncc1C(=O)NC(CCO)c1ccccc1. The molecule has 132 valence electrons. The van der Waals surface area contributed by atoms with Crippen LogP contribution in [0.3, 0.4) is 0 Å². The largest absolute Gasteiger partial charge is 0.396 e. The first-order chi connectivity index (χ1) is 12.7. The summed E-state index contributed by atoms with van der Waals surface area (Å²) in [7, 11) is 0. The molecule has 26 heavy (non-hydrogen) atoms. The Morgan fingerprint density at radius 1 is 1.08 bits per heavy atom. The molecule has 0 radical (unpaired) electrons. The van der Waals surface area contributed by atoms with Gasteiger partial charge in [-0.05, 0) is 18.9 Å². The highest BCUT2D eigenvalue weighted by molar-refractivity contribution is 5.95. The van der Waals surface area contributed by atoms with Gasteiger partial charge in [0, 0.05) is 18.4 Å². The lowest BCUT2D eigenvalue weighted by molar-refractivity contribution is 0.0928. The van der Waals surface area contributed by atoms with Gasteiger partial charge in [0.15, 0.2) is 5.82 Å². The van der Waals surface area contributed by atoms with Crippen molar-refractivity contribution < 1.29 is 9.90 Å². The zero-order valence-electron chi connectivity index (χ0n) is 14.6. The molecule has 1 atom stereocenters. The smallest absolute Gasteiger partial charge is 0.255 e. The number of rotatable bonds is 6. The minimum absolute atomic E-state index is 0.0116. The molecule has 5 heteroatoms. The second kappa shape index (κ2) is 8.36. The first kappa shape index (κ1) is 17.8. The summed E-state index contributed by atoms with van der Waals surface area (Å²) in [5.41, 5.74) is 2.91. The van der Waals surface area contributed by atoms with E-state index in [0.717, 1.165) is 11.1 Å². The van der Waals surface area contributed by atoms with Crippen molar-refractivity contribution >= 4 is 5.91 Å². The second-order valence-corrected chi connectivity index (χ2v) is 6.01. The van der Waals surface area contributed by atoms with E-state index in [9.17, 15) is 9.90 Å². The Kier molecular flexibility index (Phi) is 5.71. The molecule has 0 aliphatic heterocycles. The Hall–Kier alpha value is -3.05. The number of aliphatic hydroxyl groups is 1. The molecule has 3 aromatic rings. The first-order valence-corrected chi connectivity index (χ1v) is 8.55. The number of benzene rings is 2. The van der Waals surface area contributed by atoms with Crippen molar-refractivity contribution in [3.8, 4) is 11.4 Å². The summed E-state index contributed by atoms with van der Waals surface area (Å²) in [5.74, 6) is 0.346. The Labute approximate surface area is 152 Å². The van der Waals surface area contributed by atoms with Gasteiger partial charge in [-0.1, -0.05) is 60.7 Å². The maximum atomic E-state index is 12.7. The molecule has 0 fully saturated rings. The number of carbonyl (C=O) groups is 1. The van der Waals surface area contributed by atoms with Crippen LogP contribution < -0.4 is 5.32 Å². The Morgan fingerprint density at radius 2 is 1.73 bits per heavy atom. The van der Waals surface area contributed by atoms with Crippen LogP contribution in [0.5, 0.6) is 0 Å². The van der Waals surface area contributed by atoms with E-state index < -0.39 is 0 Å². The van der Waals surface area contributed by atoms with Crippen LogP contribution >= 0.6 is 0 Å². The molecule has 1 heterocycles. The van der Waals surface area contributed by atoms with Gasteiger partial charge in [-0.15, -0.1) is 0 Å². The number of amides is 1. The van der Waals surface area contributed by atoms with E-state index in [1.54, 1.807) is 13.1 Å². The molecule has 3 rings (SSSR count). The Balaban J connectivity index is 1.81. The van der Waals surface area contributed by atoms with Crippen LogP contribution in [0.2, 0.25) is 0 Å². The molecule has 0 aliphatic rings. The van der Waals surface area contributed by atoms with E-state index in [4.69, 9.17) is 0 Å². The van der Waals surface area contributed by atoms with Gasteiger partial charge in [-0.3, -0.25) is 4.79 Å². The quantitative estimate of drug-likeness (QED) is 0.717. The fraction of sp³-hybridized carbons (Fsp3) is 0.190. The summed E-state index contributed by atoms with van der Waals surface area (Å²) in [6, 6.07) is 19.0. The zero-order valence-corrected chi connectivity index (χ0v) is 14.6. The molecular formula is C21H21N3O2. The summed E-state index contributed by atoms with van der Waals surface area (Å²) in [4.78, 5) is 21.5. The third-order valence-electron chi connectivity index (χ3n) is 4.18. The molecule has 1 amide bonds. The van der Waals surface area contributed by atoms with Gasteiger partial charge in [0.25, 0.3) is 5.91 Å². The predicted octanol–water partition coefficient (Wildman–Crippen LogP) is 3.31. The number of carbonyl (C=O) groups excluding carboxylic acids is 1. The van der Waals surface area contributed by atoms with Gasteiger partial charge in [0.1, 0.15) is 0 Å². The number of aromatic nitrogens is 2. The molecule has 0 bridgehead atoms. The van der Waals surface area contributed by atoms with E-state index >= 15 is 0 Å². The number of nitrogens with one attached hydrogen (secondary N) is 1. The maximum absolute atomic E-state index is 12.7. The van der Waals surface area contributed by atoms with Gasteiger partial charge in [-0.25, -0.2) is 9.97 Å². The Bertz CT molecular complexity index is 867. The van der Waals surface area contributed by atoms with Crippen molar-refractivity contribution in [1.29, 1.82) is 0 Å². The van der Waals surface area contributed by atoms with Crippen molar-refractivity contribution in [3.63, 3.8) is 0 Å². The topological polar surface area (TPSA) is 75.1 Å². The van der Waals surface area contributed by atoms with Crippen LogP contribution in [-0.4, -0.2) is 27.6 Å². The van der Waals surface area contributed by atoms with E-state index in [-0.39, 0.29) is 18.6 Å². The number of aliphatic hydroxyl groups excluding tert-OH is 1. The minimum atomic E-state index is -0.262. The number of aryl methyl sites for hydroxylation is 1. The molecule has 5 nitrogen and oxygen atoms in total. The van der Waals surface area contributed by atoms with Crippen molar-refractivity contribution in [2.24, 2.45) is 0 Å². The number of nitrogens with zero attached hydrogens (tertiary/aromatic N) is 2. The lowest BCUT2D eigenvalue weighted by atomic mass is 10.0. The minimum Gasteiger partial charge on any atom is -0.396 e.